The fraction of sp³-hybridized carbons (Fsp3) is 0.286. The van der Waals surface area contributed by atoms with Gasteiger partial charge in [0.2, 0.25) is 0 Å². The molecule has 1 aliphatic carbocycles. The molecule has 0 radical (unpaired) electrons. The first-order valence-electron chi connectivity index (χ1n) is 9.32. The summed E-state index contributed by atoms with van der Waals surface area (Å²) in [6, 6.07) is 9.48. The van der Waals surface area contributed by atoms with E-state index in [1.165, 1.54) is 16.9 Å². The third-order valence-electron chi connectivity index (χ3n) is 5.21. The van der Waals surface area contributed by atoms with E-state index in [1.54, 1.807) is 29.3 Å². The Kier molecular flexibility index (Phi) is 4.24. The zero-order valence-electron chi connectivity index (χ0n) is 15.5. The van der Waals surface area contributed by atoms with E-state index in [1.807, 2.05) is 30.3 Å². The molecule has 7 heteroatoms. The van der Waals surface area contributed by atoms with Crippen molar-refractivity contribution in [1.29, 1.82) is 0 Å². The van der Waals surface area contributed by atoms with Crippen molar-refractivity contribution in [3.05, 3.63) is 63.2 Å². The van der Waals surface area contributed by atoms with Crippen LogP contribution in [0.3, 0.4) is 0 Å². The summed E-state index contributed by atoms with van der Waals surface area (Å²) in [6.45, 7) is 0.315. The van der Waals surface area contributed by atoms with Gasteiger partial charge < -0.3 is 9.26 Å². The van der Waals surface area contributed by atoms with Crippen LogP contribution in [0.1, 0.15) is 29.0 Å². The number of thiophene rings is 1. The van der Waals surface area contributed by atoms with Crippen LogP contribution in [0, 0.1) is 0 Å². The zero-order valence-corrected chi connectivity index (χ0v) is 16.3. The molecule has 3 aromatic heterocycles. The van der Waals surface area contributed by atoms with E-state index in [4.69, 9.17) is 9.26 Å². The van der Waals surface area contributed by atoms with Gasteiger partial charge in [0.25, 0.3) is 5.56 Å². The number of aromatic nitrogens is 3. The minimum Gasteiger partial charge on any atom is -0.497 e. The van der Waals surface area contributed by atoms with Crippen molar-refractivity contribution in [2.75, 3.05) is 7.11 Å². The highest BCUT2D eigenvalue weighted by atomic mass is 32.1. The lowest BCUT2D eigenvalue weighted by molar-refractivity contribution is 0.376. The second kappa shape index (κ2) is 6.91. The van der Waals surface area contributed by atoms with Crippen LogP contribution in [-0.2, 0) is 19.4 Å². The number of rotatable bonds is 4. The highest BCUT2D eigenvalue weighted by Crippen LogP contribution is 2.33. The van der Waals surface area contributed by atoms with Crippen molar-refractivity contribution in [1.82, 2.24) is 14.7 Å². The Labute approximate surface area is 165 Å². The Balaban J connectivity index is 1.46. The molecule has 0 atom stereocenters. The van der Waals surface area contributed by atoms with Crippen LogP contribution >= 0.6 is 11.3 Å². The number of ether oxygens (including phenoxy) is 1. The minimum atomic E-state index is 0.00629. The van der Waals surface area contributed by atoms with Gasteiger partial charge in [-0.1, -0.05) is 5.16 Å². The van der Waals surface area contributed by atoms with Gasteiger partial charge in [0.1, 0.15) is 16.3 Å². The van der Waals surface area contributed by atoms with Gasteiger partial charge in [-0.25, -0.2) is 4.98 Å². The van der Waals surface area contributed by atoms with Gasteiger partial charge in [0.15, 0.2) is 5.76 Å². The monoisotopic (exact) mass is 393 g/mol. The summed E-state index contributed by atoms with van der Waals surface area (Å²) in [6.07, 6.45) is 5.98. The molecule has 0 spiro atoms. The van der Waals surface area contributed by atoms with Crippen LogP contribution < -0.4 is 10.3 Å². The van der Waals surface area contributed by atoms with E-state index in [0.717, 1.165) is 46.5 Å². The minimum absolute atomic E-state index is 0.00629. The standard InChI is InChI=1S/C21H19N3O3S/c1-26-14-8-6-13(7-9-14)17-10-15(27-23-17)11-24-12-22-20-19(21(24)25)16-4-2-3-5-18(16)28-20/h6-10,12H,2-5,11H2,1H3. The Hall–Kier alpha value is -2.93. The van der Waals surface area contributed by atoms with Crippen molar-refractivity contribution >= 4 is 21.6 Å². The summed E-state index contributed by atoms with van der Waals surface area (Å²) in [5, 5.41) is 4.93. The molecule has 0 N–H and O–H groups in total. The van der Waals surface area contributed by atoms with Gasteiger partial charge in [-0.15, -0.1) is 11.3 Å². The SMILES string of the molecule is COc1ccc(-c2cc(Cn3cnc4sc5c(c4c3=O)CCCC5)on2)cc1. The van der Waals surface area contributed by atoms with E-state index < -0.39 is 0 Å². The Morgan fingerprint density at radius 1 is 1.21 bits per heavy atom. The van der Waals surface area contributed by atoms with Gasteiger partial charge >= 0.3 is 0 Å². The predicted molar refractivity (Wildman–Crippen MR) is 108 cm³/mol. The third-order valence-corrected chi connectivity index (χ3v) is 6.41. The maximum Gasteiger partial charge on any atom is 0.262 e. The summed E-state index contributed by atoms with van der Waals surface area (Å²) in [7, 11) is 1.64. The zero-order chi connectivity index (χ0) is 19.1. The molecule has 0 unspecified atom stereocenters. The molecule has 28 heavy (non-hydrogen) atoms. The predicted octanol–water partition coefficient (Wildman–Crippen LogP) is 4.05. The first-order valence-corrected chi connectivity index (χ1v) is 10.1. The average molecular weight is 393 g/mol. The van der Waals surface area contributed by atoms with Gasteiger partial charge in [-0.2, -0.15) is 0 Å². The largest absolute Gasteiger partial charge is 0.497 e. The van der Waals surface area contributed by atoms with Crippen molar-refractivity contribution < 1.29 is 9.26 Å². The molecule has 6 nitrogen and oxygen atoms in total. The van der Waals surface area contributed by atoms with Crippen molar-refractivity contribution in [2.24, 2.45) is 0 Å². The maximum absolute atomic E-state index is 13.1. The number of fused-ring (bicyclic) bond motifs is 3. The van der Waals surface area contributed by atoms with Crippen molar-refractivity contribution in [2.45, 2.75) is 32.2 Å². The fourth-order valence-electron chi connectivity index (χ4n) is 3.75. The molecule has 0 aliphatic heterocycles. The van der Waals surface area contributed by atoms with Gasteiger partial charge in [-0.3, -0.25) is 9.36 Å². The molecule has 0 fully saturated rings. The molecule has 1 aromatic carbocycles. The molecule has 3 heterocycles. The molecule has 0 saturated carbocycles. The summed E-state index contributed by atoms with van der Waals surface area (Å²) in [4.78, 5) is 19.8. The summed E-state index contributed by atoms with van der Waals surface area (Å²) in [5.74, 6) is 1.41. The molecule has 142 valence electrons. The van der Waals surface area contributed by atoms with Gasteiger partial charge in [0, 0.05) is 16.5 Å². The van der Waals surface area contributed by atoms with Gasteiger partial charge in [0.05, 0.1) is 25.4 Å². The summed E-state index contributed by atoms with van der Waals surface area (Å²) >= 11 is 1.66. The highest BCUT2D eigenvalue weighted by molar-refractivity contribution is 7.18. The lowest BCUT2D eigenvalue weighted by Gasteiger charge is -2.10. The van der Waals surface area contributed by atoms with E-state index in [0.29, 0.717) is 12.3 Å². The smallest absolute Gasteiger partial charge is 0.262 e. The first kappa shape index (κ1) is 17.2. The number of nitrogens with zero attached hydrogens (tertiary/aromatic N) is 3. The lowest BCUT2D eigenvalue weighted by Crippen LogP contribution is -2.21. The lowest BCUT2D eigenvalue weighted by atomic mass is 9.97. The van der Waals surface area contributed by atoms with E-state index >= 15 is 0 Å². The molecule has 0 amide bonds. The maximum atomic E-state index is 13.1. The van der Waals surface area contributed by atoms with Crippen LogP contribution in [0.25, 0.3) is 21.5 Å². The summed E-state index contributed by atoms with van der Waals surface area (Å²) in [5.41, 5.74) is 2.87. The van der Waals surface area contributed by atoms with Crippen molar-refractivity contribution in [3.8, 4) is 17.0 Å². The van der Waals surface area contributed by atoms with E-state index in [2.05, 4.69) is 10.1 Å². The normalized spacial score (nSPS) is 13.6. The first-order chi connectivity index (χ1) is 13.7. The summed E-state index contributed by atoms with van der Waals surface area (Å²) < 4.78 is 12.3. The van der Waals surface area contributed by atoms with Crippen LogP contribution in [0.4, 0.5) is 0 Å². The van der Waals surface area contributed by atoms with Crippen LogP contribution in [0.5, 0.6) is 5.75 Å². The molecule has 0 bridgehead atoms. The second-order valence-corrected chi connectivity index (χ2v) is 8.06. The number of methoxy groups -OCH3 is 1. The Morgan fingerprint density at radius 2 is 2.04 bits per heavy atom. The van der Waals surface area contributed by atoms with Gasteiger partial charge in [-0.05, 0) is 55.5 Å². The Bertz CT molecular complexity index is 1200. The highest BCUT2D eigenvalue weighted by Gasteiger charge is 2.20. The number of hydrogen-bond acceptors (Lipinski definition) is 6. The van der Waals surface area contributed by atoms with Crippen LogP contribution in [0.15, 0.2) is 46.0 Å². The van der Waals surface area contributed by atoms with Crippen LogP contribution in [0.2, 0.25) is 0 Å². The second-order valence-electron chi connectivity index (χ2n) is 6.98. The van der Waals surface area contributed by atoms with Crippen LogP contribution in [-0.4, -0.2) is 21.8 Å². The molecular weight excluding hydrogens is 374 g/mol. The van der Waals surface area contributed by atoms with E-state index in [9.17, 15) is 4.79 Å². The molecule has 4 aromatic rings. The van der Waals surface area contributed by atoms with Crippen molar-refractivity contribution in [3.63, 3.8) is 0 Å². The topological polar surface area (TPSA) is 70.2 Å². The quantitative estimate of drug-likeness (QED) is 0.523. The molecule has 5 rings (SSSR count). The average Bonchev–Trinajstić information content (AvgIpc) is 3.35. The fourth-order valence-corrected chi connectivity index (χ4v) is 4.97. The number of benzene rings is 1. The number of hydrogen-bond donors (Lipinski definition) is 0. The molecule has 0 saturated heterocycles. The number of aryl methyl sites for hydroxylation is 2. The van der Waals surface area contributed by atoms with E-state index in [-0.39, 0.29) is 5.56 Å². The molecule has 1 aliphatic rings. The Morgan fingerprint density at radius 3 is 2.86 bits per heavy atom. The third kappa shape index (κ3) is 2.92. The molecular formula is C21H19N3O3S.